The molecule has 4 bridgehead atoms. The van der Waals surface area contributed by atoms with E-state index in [1.807, 2.05) is 0 Å². The molecule has 5 aliphatic carbocycles. The first-order valence-corrected chi connectivity index (χ1v) is 12.9. The summed E-state index contributed by atoms with van der Waals surface area (Å²) in [5.41, 5.74) is 1.05. The normalized spacial score (nSPS) is 36.2. The fourth-order valence-corrected chi connectivity index (χ4v) is 7.85. The summed E-state index contributed by atoms with van der Waals surface area (Å²) in [6.45, 7) is 0.778. The average molecular weight is 472 g/mol. The molecular formula is C27H34FNO5. The number of rotatable bonds is 7. The van der Waals surface area contributed by atoms with E-state index in [-0.39, 0.29) is 36.0 Å². The summed E-state index contributed by atoms with van der Waals surface area (Å²) in [4.78, 5) is 26.2. The van der Waals surface area contributed by atoms with E-state index in [4.69, 9.17) is 9.47 Å². The van der Waals surface area contributed by atoms with Gasteiger partial charge in [-0.2, -0.15) is 0 Å². The number of carbonyl (C=O) groups is 2. The average Bonchev–Trinajstić information content (AvgIpc) is 3.53. The van der Waals surface area contributed by atoms with Crippen molar-refractivity contribution in [2.45, 2.75) is 75.9 Å². The lowest BCUT2D eigenvalue weighted by atomic mass is 9.50. The number of carboxylic acid groups (broad SMARTS) is 1. The Morgan fingerprint density at radius 3 is 2.29 bits per heavy atom. The fourth-order valence-electron chi connectivity index (χ4n) is 7.85. The number of methoxy groups -OCH3 is 1. The number of hydrogen-bond donors (Lipinski definition) is 1. The lowest BCUT2D eigenvalue weighted by Crippen LogP contribution is -2.48. The maximum atomic E-state index is 15.3. The molecule has 34 heavy (non-hydrogen) atoms. The van der Waals surface area contributed by atoms with Crippen LogP contribution in [-0.4, -0.2) is 54.3 Å². The molecule has 184 valence electrons. The Morgan fingerprint density at radius 2 is 1.74 bits per heavy atom. The number of ether oxygens (including phenoxy) is 2. The van der Waals surface area contributed by atoms with E-state index in [0.717, 1.165) is 36.2 Å². The van der Waals surface area contributed by atoms with Gasteiger partial charge in [0.25, 0.3) is 5.91 Å². The molecule has 6 nitrogen and oxygen atoms in total. The van der Waals surface area contributed by atoms with Gasteiger partial charge in [-0.15, -0.1) is 0 Å². The third-order valence-electron chi connectivity index (χ3n) is 9.19. The van der Waals surface area contributed by atoms with E-state index >= 15 is 4.39 Å². The zero-order valence-electron chi connectivity index (χ0n) is 19.8. The number of hydrogen-bond acceptors (Lipinski definition) is 4. The molecule has 1 amide bonds. The van der Waals surface area contributed by atoms with Crippen LogP contribution in [-0.2, 0) is 9.53 Å². The maximum absolute atomic E-state index is 15.3. The van der Waals surface area contributed by atoms with E-state index in [1.165, 1.54) is 56.6 Å². The van der Waals surface area contributed by atoms with Gasteiger partial charge in [0.2, 0.25) is 0 Å². The first-order chi connectivity index (χ1) is 16.3. The molecule has 6 fully saturated rings. The van der Waals surface area contributed by atoms with Gasteiger partial charge in [0.15, 0.2) is 0 Å². The highest BCUT2D eigenvalue weighted by atomic mass is 19.1. The highest BCUT2D eigenvalue weighted by molar-refractivity contribution is 5.97. The number of aliphatic carboxylic acids is 1. The summed E-state index contributed by atoms with van der Waals surface area (Å²) in [6.07, 6.45) is 9.64. The van der Waals surface area contributed by atoms with Crippen LogP contribution in [0.4, 0.5) is 4.39 Å². The van der Waals surface area contributed by atoms with Gasteiger partial charge < -0.3 is 19.5 Å². The smallest absolute Gasteiger partial charge is 0.326 e. The molecule has 1 heterocycles. The van der Waals surface area contributed by atoms with Gasteiger partial charge in [-0.05, 0) is 86.7 Å². The molecule has 1 aromatic carbocycles. The van der Waals surface area contributed by atoms with Gasteiger partial charge in [0.05, 0.1) is 18.3 Å². The molecule has 2 atom stereocenters. The first-order valence-electron chi connectivity index (χ1n) is 12.9. The van der Waals surface area contributed by atoms with Crippen molar-refractivity contribution in [2.75, 3.05) is 20.3 Å². The summed E-state index contributed by atoms with van der Waals surface area (Å²) < 4.78 is 27.0. The minimum atomic E-state index is -1.09. The minimum absolute atomic E-state index is 0.0629. The minimum Gasteiger partial charge on any atom is -0.493 e. The molecule has 0 spiro atoms. The van der Waals surface area contributed by atoms with Crippen LogP contribution in [0.2, 0.25) is 0 Å². The first kappa shape index (κ1) is 22.3. The molecule has 7 heteroatoms. The number of benzene rings is 1. The lowest BCUT2D eigenvalue weighted by Gasteiger charge is -2.56. The van der Waals surface area contributed by atoms with Crippen molar-refractivity contribution in [1.29, 1.82) is 0 Å². The van der Waals surface area contributed by atoms with E-state index in [9.17, 15) is 14.7 Å². The summed E-state index contributed by atoms with van der Waals surface area (Å²) >= 11 is 0. The number of nitrogens with zero attached hydrogens (tertiary/aromatic N) is 1. The van der Waals surface area contributed by atoms with Crippen LogP contribution in [0.25, 0.3) is 0 Å². The molecule has 7 rings (SSSR count). The molecule has 1 saturated heterocycles. The summed E-state index contributed by atoms with van der Waals surface area (Å²) in [5, 5.41) is 9.58. The molecule has 0 aromatic heterocycles. The SMILES string of the molecule is CO[C@@H]1C[C@@H](C(=O)O)N(C(=O)c2cc(C3CC3)c(OCC34CC5CC(CC(C5)C3)C4)cc2F)C1. The van der Waals surface area contributed by atoms with Crippen LogP contribution in [0.5, 0.6) is 5.75 Å². The van der Waals surface area contributed by atoms with Gasteiger partial charge in [0.1, 0.15) is 17.6 Å². The predicted octanol–water partition coefficient (Wildman–Crippen LogP) is 4.61. The van der Waals surface area contributed by atoms with Gasteiger partial charge in [-0.1, -0.05) is 0 Å². The molecule has 1 N–H and O–H groups in total. The molecule has 1 aromatic rings. The van der Waals surface area contributed by atoms with Crippen molar-refractivity contribution in [1.82, 2.24) is 4.90 Å². The molecule has 0 radical (unpaired) electrons. The Balaban J connectivity index is 1.24. The number of halogens is 1. The van der Waals surface area contributed by atoms with Crippen LogP contribution in [0, 0.1) is 29.0 Å². The van der Waals surface area contributed by atoms with Gasteiger partial charge in [0, 0.05) is 31.6 Å². The van der Waals surface area contributed by atoms with Crippen molar-refractivity contribution >= 4 is 11.9 Å². The zero-order chi connectivity index (χ0) is 23.6. The van der Waals surface area contributed by atoms with Gasteiger partial charge in [-0.25, -0.2) is 9.18 Å². The molecule has 1 aliphatic heterocycles. The Labute approximate surface area is 199 Å². The van der Waals surface area contributed by atoms with E-state index < -0.39 is 23.7 Å². The molecular weight excluding hydrogens is 437 g/mol. The third kappa shape index (κ3) is 3.90. The number of likely N-dealkylation sites (tertiary alicyclic amines) is 1. The Kier molecular flexibility index (Phi) is 5.39. The summed E-state index contributed by atoms with van der Waals surface area (Å²) in [5.74, 6) is 1.01. The molecule has 0 unspecified atom stereocenters. The van der Waals surface area contributed by atoms with Crippen LogP contribution >= 0.6 is 0 Å². The summed E-state index contributed by atoms with van der Waals surface area (Å²) in [7, 11) is 1.50. The number of amides is 1. The maximum Gasteiger partial charge on any atom is 0.326 e. The summed E-state index contributed by atoms with van der Waals surface area (Å²) in [6, 6.07) is 2.00. The van der Waals surface area contributed by atoms with E-state index in [2.05, 4.69) is 0 Å². The second-order valence-electron chi connectivity index (χ2n) is 11.8. The fraction of sp³-hybridized carbons (Fsp3) is 0.704. The second-order valence-corrected chi connectivity index (χ2v) is 11.8. The van der Waals surface area contributed by atoms with Crippen LogP contribution in [0.3, 0.4) is 0 Å². The Morgan fingerprint density at radius 1 is 1.09 bits per heavy atom. The van der Waals surface area contributed by atoms with Crippen LogP contribution in [0.1, 0.15) is 79.6 Å². The predicted molar refractivity (Wildman–Crippen MR) is 122 cm³/mol. The quantitative estimate of drug-likeness (QED) is 0.628. The van der Waals surface area contributed by atoms with Crippen molar-refractivity contribution in [3.05, 3.63) is 29.1 Å². The largest absolute Gasteiger partial charge is 0.493 e. The van der Waals surface area contributed by atoms with Gasteiger partial charge in [-0.3, -0.25) is 4.79 Å². The second kappa shape index (κ2) is 8.21. The van der Waals surface area contributed by atoms with Crippen LogP contribution < -0.4 is 4.74 Å². The number of carbonyl (C=O) groups excluding carboxylic acids is 1. The van der Waals surface area contributed by atoms with Gasteiger partial charge >= 0.3 is 5.97 Å². The standard InChI is InChI=1S/C27H34FNO5/c1-33-19-7-23(26(31)32)29(13-19)25(30)21-8-20(18-2-3-18)24(9-22(21)28)34-14-27-10-15-4-16(11-27)6-17(5-15)12-27/h8-9,15-19,23H,2-7,10-14H2,1H3,(H,31,32)/t15?,16?,17?,19-,23+,27?/m1/s1. The van der Waals surface area contributed by atoms with E-state index in [1.54, 1.807) is 6.07 Å². The van der Waals surface area contributed by atoms with Crippen molar-refractivity contribution in [2.24, 2.45) is 23.2 Å². The van der Waals surface area contributed by atoms with E-state index in [0.29, 0.717) is 12.4 Å². The molecule has 5 saturated carbocycles. The third-order valence-corrected chi connectivity index (χ3v) is 9.19. The molecule has 6 aliphatic rings. The topological polar surface area (TPSA) is 76.1 Å². The highest BCUT2D eigenvalue weighted by Gasteiger charge is 2.51. The van der Waals surface area contributed by atoms with Crippen molar-refractivity contribution < 1.29 is 28.6 Å². The zero-order valence-corrected chi connectivity index (χ0v) is 19.8. The van der Waals surface area contributed by atoms with Crippen LogP contribution in [0.15, 0.2) is 12.1 Å². The highest BCUT2D eigenvalue weighted by Crippen LogP contribution is 2.60. The van der Waals surface area contributed by atoms with Crippen molar-refractivity contribution in [3.63, 3.8) is 0 Å². The monoisotopic (exact) mass is 471 g/mol. The number of carboxylic acids is 1. The lowest BCUT2D eigenvalue weighted by molar-refractivity contribution is -0.141. The Bertz CT molecular complexity index is 970. The van der Waals surface area contributed by atoms with Crippen molar-refractivity contribution in [3.8, 4) is 5.75 Å². The Hall–Kier alpha value is -2.15.